The first-order chi connectivity index (χ1) is 46.5. The number of hydrogen-bond donors (Lipinski definition) is 0. The maximum absolute atomic E-state index is 7.22. The van der Waals surface area contributed by atoms with Crippen molar-refractivity contribution in [2.45, 2.75) is 373 Å². The summed E-state index contributed by atoms with van der Waals surface area (Å²) in [5.41, 5.74) is 0. The fraction of sp³-hybridized carbons (Fsp3) is 0.911. The molecular formula is C90H152O4. The van der Waals surface area contributed by atoms with Crippen LogP contribution < -0.4 is 0 Å². The van der Waals surface area contributed by atoms with Gasteiger partial charge >= 0.3 is 0 Å². The summed E-state index contributed by atoms with van der Waals surface area (Å²) >= 11 is 0. The molecule has 0 radical (unpaired) electrons. The van der Waals surface area contributed by atoms with Gasteiger partial charge in [0.15, 0.2) is 0 Å². The van der Waals surface area contributed by atoms with E-state index in [1.807, 2.05) is 0 Å². The van der Waals surface area contributed by atoms with Crippen LogP contribution in [0.4, 0.5) is 0 Å². The van der Waals surface area contributed by atoms with Gasteiger partial charge in [0.05, 0.1) is 24.4 Å². The Balaban J connectivity index is 0.745. The smallest absolute Gasteiger partial charge is 0.0645 e. The fourth-order valence-electron chi connectivity index (χ4n) is 24.3. The van der Waals surface area contributed by atoms with Gasteiger partial charge in [0.25, 0.3) is 0 Å². The molecule has 11 saturated carbocycles. The molecular weight excluding hydrogens is 1140 g/mol. The largest absolute Gasteiger partial charge is 0.378 e. The second-order valence-corrected chi connectivity index (χ2v) is 35.4. The third-order valence-electron chi connectivity index (χ3n) is 29.4. The van der Waals surface area contributed by atoms with Gasteiger partial charge in [0.1, 0.15) is 0 Å². The average Bonchev–Trinajstić information content (AvgIpc) is 0.751. The van der Waals surface area contributed by atoms with Gasteiger partial charge in [-0.1, -0.05) is 243 Å². The highest BCUT2D eigenvalue weighted by atomic mass is 16.5. The van der Waals surface area contributed by atoms with Crippen molar-refractivity contribution in [2.75, 3.05) is 26.4 Å². The number of ether oxygens (including phenoxy) is 4. The lowest BCUT2D eigenvalue weighted by Crippen LogP contribution is -2.51. The third kappa shape index (κ3) is 21.0. The van der Waals surface area contributed by atoms with Crippen LogP contribution in [0.2, 0.25) is 0 Å². The predicted molar refractivity (Wildman–Crippen MR) is 399 cm³/mol. The van der Waals surface area contributed by atoms with Crippen molar-refractivity contribution in [1.29, 1.82) is 0 Å². The van der Waals surface area contributed by atoms with E-state index in [0.717, 1.165) is 135 Å². The van der Waals surface area contributed by atoms with E-state index in [0.29, 0.717) is 59.9 Å². The maximum atomic E-state index is 7.22. The van der Waals surface area contributed by atoms with Crippen LogP contribution in [0.3, 0.4) is 0 Å². The molecule has 22 atom stereocenters. The number of rotatable bonds is 40. The Kier molecular flexibility index (Phi) is 31.8. The zero-order chi connectivity index (χ0) is 64.5. The summed E-state index contributed by atoms with van der Waals surface area (Å²) in [7, 11) is 0. The molecule has 11 fully saturated rings. The van der Waals surface area contributed by atoms with E-state index in [1.165, 1.54) is 244 Å². The maximum Gasteiger partial charge on any atom is 0.0645 e. The Morgan fingerprint density at radius 3 is 0.777 bits per heavy atom. The summed E-state index contributed by atoms with van der Waals surface area (Å²) in [5.74, 6) is 17.0. The Morgan fingerprint density at radius 1 is 0.223 bits per heavy atom. The highest BCUT2D eigenvalue weighted by molar-refractivity contribution is 5.13. The van der Waals surface area contributed by atoms with Crippen LogP contribution in [0.1, 0.15) is 349 Å². The molecule has 11 aliphatic carbocycles. The first-order valence-electron chi connectivity index (χ1n) is 43.7. The van der Waals surface area contributed by atoms with Crippen LogP contribution in [-0.4, -0.2) is 50.8 Å². The Labute approximate surface area is 582 Å². The van der Waals surface area contributed by atoms with E-state index in [9.17, 15) is 0 Å². The van der Waals surface area contributed by atoms with Gasteiger partial charge in [-0.05, 0) is 249 Å². The molecule has 0 N–H and O–H groups in total. The SMILES string of the molecule is CCCCCCCCOC1CC(C=CC2CCC3CCC4CCCC5CCC2C3C45)C(OCCCCCCCC)CC1C=CC1CCC(C=CC2CC(OCCCCCCCC)C(C=CC3CCC4CCC5CCCC6CCC3C4C56)CC2OCCCCCCCC)CC1. The van der Waals surface area contributed by atoms with Crippen LogP contribution in [-0.2, 0) is 18.9 Å². The zero-order valence-electron chi connectivity index (χ0n) is 62.3. The molecule has 94 heavy (non-hydrogen) atoms. The average molecular weight is 1300 g/mol. The van der Waals surface area contributed by atoms with Crippen LogP contribution in [0.5, 0.6) is 0 Å². The molecule has 0 saturated heterocycles. The van der Waals surface area contributed by atoms with Crippen molar-refractivity contribution in [3.63, 3.8) is 0 Å². The van der Waals surface area contributed by atoms with E-state index >= 15 is 0 Å². The van der Waals surface area contributed by atoms with E-state index in [-0.39, 0.29) is 0 Å². The lowest BCUT2D eigenvalue weighted by atomic mass is 9.46. The summed E-state index contributed by atoms with van der Waals surface area (Å²) < 4.78 is 28.8. The number of hydrogen-bond acceptors (Lipinski definition) is 4. The molecule has 0 aromatic carbocycles. The van der Waals surface area contributed by atoms with Crippen molar-refractivity contribution < 1.29 is 18.9 Å². The standard InChI is InChI=1S/C90H152O4/c1-5-9-13-17-21-25-59-91-83-65-79(53-45-69-43-47-75-51-49-71-31-29-33-73-55-57-81(69)89(75)87(71)73)85(93-61-27-23-19-15-11-7-3)63-77(83)41-39-67-35-37-68(38-36-67)40-42-78-64-86(94-62-28-24-20-16-12-8-4)80(66-84(78)92-60-26-22-18-14-10-6-2)54-46-70-44-48-76-52-50-72-32-30-34-74-56-58-82(70)90(76)88(72)74/h39-42,45-46,53-54,67-90H,5-38,43-44,47-52,55-66H2,1-4H3. The molecule has 0 amide bonds. The first-order valence-corrected chi connectivity index (χ1v) is 43.7. The second-order valence-electron chi connectivity index (χ2n) is 35.4. The molecule has 536 valence electrons. The molecule has 0 aromatic rings. The summed E-state index contributed by atoms with van der Waals surface area (Å²) in [5, 5.41) is 0. The Bertz CT molecular complexity index is 2010. The third-order valence-corrected chi connectivity index (χ3v) is 29.4. The number of allylic oxidation sites excluding steroid dienone is 4. The van der Waals surface area contributed by atoms with Crippen molar-refractivity contribution in [2.24, 2.45) is 118 Å². The number of unbranched alkanes of at least 4 members (excludes halogenated alkanes) is 20. The molecule has 4 nitrogen and oxygen atoms in total. The Hall–Kier alpha value is -1.20. The monoisotopic (exact) mass is 1300 g/mol. The lowest BCUT2D eigenvalue weighted by Gasteiger charge is -2.59. The molecule has 4 heteroatoms. The molecule has 0 bridgehead atoms. The normalized spacial score (nSPS) is 39.8. The van der Waals surface area contributed by atoms with Gasteiger partial charge in [-0.2, -0.15) is 0 Å². The topological polar surface area (TPSA) is 36.9 Å². The van der Waals surface area contributed by atoms with Crippen LogP contribution in [0.15, 0.2) is 48.6 Å². The van der Waals surface area contributed by atoms with E-state index in [1.54, 1.807) is 51.4 Å². The van der Waals surface area contributed by atoms with Gasteiger partial charge in [0, 0.05) is 50.1 Å². The van der Waals surface area contributed by atoms with Crippen molar-refractivity contribution >= 4 is 0 Å². The van der Waals surface area contributed by atoms with Crippen molar-refractivity contribution in [3.05, 3.63) is 48.6 Å². The Morgan fingerprint density at radius 2 is 0.468 bits per heavy atom. The molecule has 11 aliphatic rings. The minimum atomic E-state index is 0.290. The van der Waals surface area contributed by atoms with Gasteiger partial charge in [-0.3, -0.25) is 0 Å². The molecule has 0 aliphatic heterocycles. The van der Waals surface area contributed by atoms with E-state index < -0.39 is 0 Å². The minimum absolute atomic E-state index is 0.290. The molecule has 22 unspecified atom stereocenters. The van der Waals surface area contributed by atoms with Crippen LogP contribution in [0.25, 0.3) is 0 Å². The second kappa shape index (κ2) is 40.4. The van der Waals surface area contributed by atoms with Gasteiger partial charge < -0.3 is 18.9 Å². The highest BCUT2D eigenvalue weighted by Crippen LogP contribution is 2.63. The molecule has 11 rings (SSSR count). The molecule has 0 aromatic heterocycles. The van der Waals surface area contributed by atoms with Gasteiger partial charge in [-0.25, -0.2) is 0 Å². The first kappa shape index (κ1) is 74.0. The summed E-state index contributed by atoms with van der Waals surface area (Å²) in [4.78, 5) is 0. The van der Waals surface area contributed by atoms with Crippen molar-refractivity contribution in [3.8, 4) is 0 Å². The summed E-state index contributed by atoms with van der Waals surface area (Å²) in [6, 6.07) is 0. The highest BCUT2D eigenvalue weighted by Gasteiger charge is 2.55. The minimum Gasteiger partial charge on any atom is -0.378 e. The quantitative estimate of drug-likeness (QED) is 0.0453. The predicted octanol–water partition coefficient (Wildman–Crippen LogP) is 25.8. The van der Waals surface area contributed by atoms with Gasteiger partial charge in [0.2, 0.25) is 0 Å². The molecule has 0 heterocycles. The van der Waals surface area contributed by atoms with E-state index in [2.05, 4.69) is 76.3 Å². The molecule has 0 spiro atoms. The lowest BCUT2D eigenvalue weighted by molar-refractivity contribution is -0.0895. The van der Waals surface area contributed by atoms with Crippen LogP contribution in [0, 0.1) is 118 Å². The van der Waals surface area contributed by atoms with Crippen LogP contribution >= 0.6 is 0 Å². The zero-order valence-corrected chi connectivity index (χ0v) is 62.3. The fourth-order valence-corrected chi connectivity index (χ4v) is 24.3. The van der Waals surface area contributed by atoms with Gasteiger partial charge in [-0.15, -0.1) is 0 Å². The van der Waals surface area contributed by atoms with Crippen molar-refractivity contribution in [1.82, 2.24) is 0 Å². The summed E-state index contributed by atoms with van der Waals surface area (Å²) in [6.45, 7) is 13.1. The van der Waals surface area contributed by atoms with E-state index in [4.69, 9.17) is 18.9 Å². The summed E-state index contributed by atoms with van der Waals surface area (Å²) in [6.07, 6.45) is 92.1.